The standard InChI is InChI=1S/C20H22N6O3/c1-14-7-8-15(2)18(9-14)22-19(27)11-25(3)20(28)12-29-17-6-4-5-16(10-17)26-13-21-23-24-26/h4-10,13H,11-12H2,1-3H3,(H,22,27). The van der Waals surface area contributed by atoms with Crippen LogP contribution in [0.3, 0.4) is 0 Å². The first kappa shape index (κ1) is 20.0. The lowest BCUT2D eigenvalue weighted by atomic mass is 10.1. The van der Waals surface area contributed by atoms with E-state index in [1.807, 2.05) is 38.1 Å². The summed E-state index contributed by atoms with van der Waals surface area (Å²) < 4.78 is 7.04. The first-order chi connectivity index (χ1) is 13.9. The number of hydrogen-bond donors (Lipinski definition) is 1. The molecule has 0 aliphatic carbocycles. The molecule has 0 bridgehead atoms. The minimum absolute atomic E-state index is 0.0692. The van der Waals surface area contributed by atoms with Crippen molar-refractivity contribution in [3.8, 4) is 11.4 Å². The summed E-state index contributed by atoms with van der Waals surface area (Å²) in [7, 11) is 1.56. The monoisotopic (exact) mass is 394 g/mol. The summed E-state index contributed by atoms with van der Waals surface area (Å²) in [5.41, 5.74) is 3.46. The predicted octanol–water partition coefficient (Wildman–Crippen LogP) is 1.76. The first-order valence-corrected chi connectivity index (χ1v) is 8.99. The molecule has 3 rings (SSSR count). The number of carbonyl (C=O) groups is 2. The number of aryl methyl sites for hydroxylation is 2. The quantitative estimate of drug-likeness (QED) is 0.655. The van der Waals surface area contributed by atoms with Gasteiger partial charge < -0.3 is 15.0 Å². The molecule has 150 valence electrons. The molecule has 0 saturated carbocycles. The highest BCUT2D eigenvalue weighted by molar-refractivity contribution is 5.95. The minimum Gasteiger partial charge on any atom is -0.484 e. The lowest BCUT2D eigenvalue weighted by Crippen LogP contribution is -2.37. The van der Waals surface area contributed by atoms with Crippen LogP contribution in [0.15, 0.2) is 48.8 Å². The molecule has 9 heteroatoms. The third kappa shape index (κ3) is 5.38. The second-order valence-corrected chi connectivity index (χ2v) is 6.66. The third-order valence-electron chi connectivity index (χ3n) is 4.27. The molecule has 1 heterocycles. The van der Waals surface area contributed by atoms with Gasteiger partial charge >= 0.3 is 0 Å². The molecule has 0 unspecified atom stereocenters. The SMILES string of the molecule is Cc1ccc(C)c(NC(=O)CN(C)C(=O)COc2cccc(-n3cnnn3)c2)c1. The van der Waals surface area contributed by atoms with Gasteiger partial charge in [-0.1, -0.05) is 18.2 Å². The fourth-order valence-electron chi connectivity index (χ4n) is 2.61. The lowest BCUT2D eigenvalue weighted by Gasteiger charge is -2.18. The maximum Gasteiger partial charge on any atom is 0.260 e. The van der Waals surface area contributed by atoms with E-state index in [4.69, 9.17) is 4.74 Å². The Hall–Kier alpha value is -3.75. The van der Waals surface area contributed by atoms with Crippen LogP contribution in [0.1, 0.15) is 11.1 Å². The van der Waals surface area contributed by atoms with Crippen LogP contribution in [0, 0.1) is 13.8 Å². The van der Waals surface area contributed by atoms with E-state index in [9.17, 15) is 9.59 Å². The molecule has 3 aromatic rings. The molecule has 2 aromatic carbocycles. The van der Waals surface area contributed by atoms with Crippen molar-refractivity contribution in [3.05, 3.63) is 59.9 Å². The van der Waals surface area contributed by atoms with Gasteiger partial charge in [0.05, 0.1) is 12.2 Å². The summed E-state index contributed by atoms with van der Waals surface area (Å²) in [5, 5.41) is 13.8. The van der Waals surface area contributed by atoms with Gasteiger partial charge in [0.25, 0.3) is 5.91 Å². The fraction of sp³-hybridized carbons (Fsp3) is 0.250. The van der Waals surface area contributed by atoms with E-state index in [0.29, 0.717) is 11.4 Å². The van der Waals surface area contributed by atoms with Gasteiger partial charge in [0.1, 0.15) is 12.1 Å². The number of aromatic nitrogens is 4. The molecule has 0 aliphatic rings. The summed E-state index contributed by atoms with van der Waals surface area (Å²) in [4.78, 5) is 25.9. The number of nitrogens with one attached hydrogen (secondary N) is 1. The number of amides is 2. The smallest absolute Gasteiger partial charge is 0.260 e. The van der Waals surface area contributed by atoms with Crippen LogP contribution in [0.5, 0.6) is 5.75 Å². The highest BCUT2D eigenvalue weighted by atomic mass is 16.5. The molecule has 0 aliphatic heterocycles. The average Bonchev–Trinajstić information content (AvgIpc) is 3.24. The van der Waals surface area contributed by atoms with Gasteiger partial charge in [-0.15, -0.1) is 5.10 Å². The second kappa shape index (κ2) is 8.96. The molecular formula is C20H22N6O3. The minimum atomic E-state index is -0.311. The number of tetrazole rings is 1. The lowest BCUT2D eigenvalue weighted by molar-refractivity contribution is -0.135. The van der Waals surface area contributed by atoms with Crippen molar-refractivity contribution >= 4 is 17.5 Å². The normalized spacial score (nSPS) is 10.4. The van der Waals surface area contributed by atoms with Crippen molar-refractivity contribution < 1.29 is 14.3 Å². The highest BCUT2D eigenvalue weighted by Crippen LogP contribution is 2.17. The summed E-state index contributed by atoms with van der Waals surface area (Å²) in [5.74, 6) is -0.0799. The molecule has 1 N–H and O–H groups in total. The maximum absolute atomic E-state index is 12.3. The van der Waals surface area contributed by atoms with E-state index in [0.717, 1.165) is 16.8 Å². The van der Waals surface area contributed by atoms with Gasteiger partial charge in [-0.2, -0.15) is 0 Å². The van der Waals surface area contributed by atoms with Gasteiger partial charge in [-0.05, 0) is 53.6 Å². The van der Waals surface area contributed by atoms with Crippen LogP contribution >= 0.6 is 0 Å². The Morgan fingerprint density at radius 3 is 2.76 bits per heavy atom. The predicted molar refractivity (Wildman–Crippen MR) is 107 cm³/mol. The topological polar surface area (TPSA) is 102 Å². The van der Waals surface area contributed by atoms with Gasteiger partial charge in [-0.3, -0.25) is 9.59 Å². The first-order valence-electron chi connectivity index (χ1n) is 8.99. The van der Waals surface area contributed by atoms with E-state index in [1.165, 1.54) is 15.9 Å². The number of hydrogen-bond acceptors (Lipinski definition) is 6. The molecule has 9 nitrogen and oxygen atoms in total. The van der Waals surface area contributed by atoms with Crippen molar-refractivity contribution in [2.75, 3.05) is 25.5 Å². The Bertz CT molecular complexity index is 1000. The van der Waals surface area contributed by atoms with E-state index in [-0.39, 0.29) is 25.0 Å². The molecule has 2 amide bonds. The Kier molecular flexibility index (Phi) is 6.18. The van der Waals surface area contributed by atoms with Gasteiger partial charge in [0.2, 0.25) is 5.91 Å². The van der Waals surface area contributed by atoms with Crippen LogP contribution in [-0.4, -0.2) is 57.1 Å². The van der Waals surface area contributed by atoms with Crippen LogP contribution in [-0.2, 0) is 9.59 Å². The average molecular weight is 394 g/mol. The molecule has 29 heavy (non-hydrogen) atoms. The molecule has 0 fully saturated rings. The Balaban J connectivity index is 1.52. The zero-order valence-electron chi connectivity index (χ0n) is 16.5. The number of ether oxygens (including phenoxy) is 1. The summed E-state index contributed by atoms with van der Waals surface area (Å²) >= 11 is 0. The van der Waals surface area contributed by atoms with Crippen LogP contribution in [0.25, 0.3) is 5.69 Å². The van der Waals surface area contributed by atoms with E-state index < -0.39 is 0 Å². The molecule has 0 saturated heterocycles. The van der Waals surface area contributed by atoms with Crippen molar-refractivity contribution in [2.24, 2.45) is 0 Å². The fourth-order valence-corrected chi connectivity index (χ4v) is 2.61. The Morgan fingerprint density at radius 1 is 1.17 bits per heavy atom. The van der Waals surface area contributed by atoms with E-state index in [2.05, 4.69) is 20.8 Å². The van der Waals surface area contributed by atoms with Crippen molar-refractivity contribution in [2.45, 2.75) is 13.8 Å². The van der Waals surface area contributed by atoms with Crippen molar-refractivity contribution in [1.82, 2.24) is 25.1 Å². The van der Waals surface area contributed by atoms with Gasteiger partial charge in [0, 0.05) is 18.8 Å². The third-order valence-corrected chi connectivity index (χ3v) is 4.27. The summed E-state index contributed by atoms with van der Waals surface area (Å²) in [6.45, 7) is 3.62. The summed E-state index contributed by atoms with van der Waals surface area (Å²) in [6.07, 6.45) is 1.46. The van der Waals surface area contributed by atoms with Crippen LogP contribution < -0.4 is 10.1 Å². The number of anilines is 1. The highest BCUT2D eigenvalue weighted by Gasteiger charge is 2.15. The van der Waals surface area contributed by atoms with Gasteiger partial charge in [-0.25, -0.2) is 4.68 Å². The van der Waals surface area contributed by atoms with Crippen molar-refractivity contribution in [1.29, 1.82) is 0 Å². The molecule has 0 spiro atoms. The zero-order chi connectivity index (χ0) is 20.8. The molecule has 0 atom stereocenters. The molecule has 1 aromatic heterocycles. The number of likely N-dealkylation sites (N-methyl/N-ethyl adjacent to an activating group) is 1. The number of benzene rings is 2. The molecule has 0 radical (unpaired) electrons. The Labute approximate surface area is 168 Å². The van der Waals surface area contributed by atoms with E-state index in [1.54, 1.807) is 25.2 Å². The second-order valence-electron chi connectivity index (χ2n) is 6.66. The molecular weight excluding hydrogens is 372 g/mol. The largest absolute Gasteiger partial charge is 0.484 e. The number of carbonyl (C=O) groups excluding carboxylic acids is 2. The van der Waals surface area contributed by atoms with Crippen LogP contribution in [0.2, 0.25) is 0 Å². The maximum atomic E-state index is 12.3. The Morgan fingerprint density at radius 2 is 2.00 bits per heavy atom. The van der Waals surface area contributed by atoms with Gasteiger partial charge in [0.15, 0.2) is 6.61 Å². The van der Waals surface area contributed by atoms with Crippen LogP contribution in [0.4, 0.5) is 5.69 Å². The summed E-state index contributed by atoms with van der Waals surface area (Å²) in [6, 6.07) is 12.9. The zero-order valence-corrected chi connectivity index (χ0v) is 16.5. The number of rotatable bonds is 7. The van der Waals surface area contributed by atoms with Crippen molar-refractivity contribution in [3.63, 3.8) is 0 Å². The van der Waals surface area contributed by atoms with E-state index >= 15 is 0 Å². The number of nitrogens with zero attached hydrogens (tertiary/aromatic N) is 5.